The van der Waals surface area contributed by atoms with E-state index in [-0.39, 0.29) is 11.5 Å². The van der Waals surface area contributed by atoms with Gasteiger partial charge in [0.2, 0.25) is 0 Å². The number of aromatic nitrogens is 1. The maximum Gasteiger partial charge on any atom is 0.419 e. The molecule has 6 heteroatoms. The van der Waals surface area contributed by atoms with Gasteiger partial charge in [0.15, 0.2) is 0 Å². The maximum atomic E-state index is 12.3. The molecular weight excluding hydrogens is 205 g/mol. The molecule has 0 aliphatic heterocycles. The van der Waals surface area contributed by atoms with Crippen LogP contribution in [-0.4, -0.2) is 4.98 Å². The van der Waals surface area contributed by atoms with E-state index in [0.717, 1.165) is 6.07 Å². The van der Waals surface area contributed by atoms with Crippen molar-refractivity contribution in [3.8, 4) is 0 Å². The first-order chi connectivity index (χ1) is 5.82. The summed E-state index contributed by atoms with van der Waals surface area (Å²) < 4.78 is 36.8. The Morgan fingerprint density at radius 3 is 2.38 bits per heavy atom. The summed E-state index contributed by atoms with van der Waals surface area (Å²) >= 11 is 5.38. The van der Waals surface area contributed by atoms with E-state index in [2.05, 4.69) is 4.98 Å². The van der Waals surface area contributed by atoms with E-state index in [1.54, 1.807) is 0 Å². The molecule has 0 unspecified atom stereocenters. The standard InChI is InChI=1S/C7H6ClF3N2/c1-3-6(7(9,10)11)4(8)2-5(12)13-3/h2H,1H3,(H2,12,13). The van der Waals surface area contributed by atoms with E-state index in [1.807, 2.05) is 0 Å². The molecule has 0 aliphatic rings. The zero-order chi connectivity index (χ0) is 10.2. The highest BCUT2D eigenvalue weighted by molar-refractivity contribution is 6.31. The normalized spacial score (nSPS) is 11.8. The van der Waals surface area contributed by atoms with E-state index >= 15 is 0 Å². The number of nitrogens with zero attached hydrogens (tertiary/aromatic N) is 1. The molecule has 1 aromatic rings. The Bertz CT molecular complexity index is 312. The van der Waals surface area contributed by atoms with Crippen molar-refractivity contribution in [2.75, 3.05) is 5.73 Å². The predicted octanol–water partition coefficient (Wildman–Crippen LogP) is 2.64. The summed E-state index contributed by atoms with van der Waals surface area (Å²) in [4.78, 5) is 3.47. The van der Waals surface area contributed by atoms with Gasteiger partial charge in [0, 0.05) is 0 Å². The summed E-state index contributed by atoms with van der Waals surface area (Å²) in [5.74, 6) is -0.0181. The van der Waals surface area contributed by atoms with Gasteiger partial charge in [0.1, 0.15) is 5.82 Å². The molecule has 72 valence electrons. The summed E-state index contributed by atoms with van der Waals surface area (Å²) in [5, 5.41) is -0.419. The molecule has 1 aromatic heterocycles. The molecule has 0 radical (unpaired) electrons. The second-order valence-electron chi connectivity index (χ2n) is 2.49. The minimum Gasteiger partial charge on any atom is -0.384 e. The first-order valence-corrected chi connectivity index (χ1v) is 3.70. The Labute approximate surface area is 77.5 Å². The number of aryl methyl sites for hydroxylation is 1. The lowest BCUT2D eigenvalue weighted by atomic mass is 10.2. The third-order valence-corrected chi connectivity index (χ3v) is 1.75. The number of pyridine rings is 1. The Hall–Kier alpha value is -0.970. The number of rotatable bonds is 0. The number of hydrogen-bond acceptors (Lipinski definition) is 2. The van der Waals surface area contributed by atoms with Crippen molar-refractivity contribution in [2.24, 2.45) is 0 Å². The minimum atomic E-state index is -4.48. The molecule has 2 nitrogen and oxygen atoms in total. The van der Waals surface area contributed by atoms with Crippen LogP contribution in [0, 0.1) is 6.92 Å². The lowest BCUT2D eigenvalue weighted by Gasteiger charge is -2.11. The smallest absolute Gasteiger partial charge is 0.384 e. The van der Waals surface area contributed by atoms with Gasteiger partial charge >= 0.3 is 6.18 Å². The fraction of sp³-hybridized carbons (Fsp3) is 0.286. The molecule has 0 aromatic carbocycles. The van der Waals surface area contributed by atoms with Gasteiger partial charge in [0.05, 0.1) is 16.3 Å². The molecule has 0 atom stereocenters. The van der Waals surface area contributed by atoms with E-state index in [0.29, 0.717) is 0 Å². The Morgan fingerprint density at radius 2 is 2.00 bits per heavy atom. The minimum absolute atomic E-state index is 0.0181. The molecule has 0 saturated carbocycles. The van der Waals surface area contributed by atoms with Gasteiger partial charge in [-0.2, -0.15) is 13.2 Å². The van der Waals surface area contributed by atoms with Gasteiger partial charge in [-0.3, -0.25) is 0 Å². The van der Waals surface area contributed by atoms with Crippen LogP contribution in [0.1, 0.15) is 11.3 Å². The van der Waals surface area contributed by atoms with Crippen LogP contribution in [-0.2, 0) is 6.18 Å². The summed E-state index contributed by atoms with van der Waals surface area (Å²) in [5.41, 5.74) is 4.07. The number of alkyl halides is 3. The number of halogens is 4. The summed E-state index contributed by atoms with van der Waals surface area (Å²) in [6.07, 6.45) is -4.48. The number of nitrogen functional groups attached to an aromatic ring is 1. The zero-order valence-electron chi connectivity index (χ0n) is 6.61. The second-order valence-corrected chi connectivity index (χ2v) is 2.89. The molecule has 0 saturated heterocycles. The fourth-order valence-electron chi connectivity index (χ4n) is 0.997. The second kappa shape index (κ2) is 3.06. The predicted molar refractivity (Wildman–Crippen MR) is 43.4 cm³/mol. The van der Waals surface area contributed by atoms with Gasteiger partial charge in [-0.15, -0.1) is 0 Å². The van der Waals surface area contributed by atoms with Crippen LogP contribution in [0.25, 0.3) is 0 Å². The van der Waals surface area contributed by atoms with Gasteiger partial charge in [-0.05, 0) is 13.0 Å². The third-order valence-electron chi connectivity index (χ3n) is 1.46. The van der Waals surface area contributed by atoms with Crippen LogP contribution in [0.3, 0.4) is 0 Å². The zero-order valence-corrected chi connectivity index (χ0v) is 7.37. The van der Waals surface area contributed by atoms with E-state index in [4.69, 9.17) is 17.3 Å². The maximum absolute atomic E-state index is 12.3. The van der Waals surface area contributed by atoms with E-state index < -0.39 is 16.8 Å². The molecule has 2 N–H and O–H groups in total. The molecule has 0 fully saturated rings. The fourth-order valence-corrected chi connectivity index (χ4v) is 1.35. The molecule has 0 amide bonds. The van der Waals surface area contributed by atoms with Crippen LogP contribution in [0.15, 0.2) is 6.07 Å². The van der Waals surface area contributed by atoms with Crippen molar-refractivity contribution in [3.63, 3.8) is 0 Å². The van der Waals surface area contributed by atoms with Crippen LogP contribution < -0.4 is 5.73 Å². The van der Waals surface area contributed by atoms with Crippen molar-refractivity contribution in [2.45, 2.75) is 13.1 Å². The van der Waals surface area contributed by atoms with Crippen LogP contribution in [0.2, 0.25) is 5.02 Å². The Morgan fingerprint density at radius 1 is 1.46 bits per heavy atom. The highest BCUT2D eigenvalue weighted by atomic mass is 35.5. The third kappa shape index (κ3) is 2.03. The Kier molecular flexibility index (Phi) is 2.38. The average Bonchev–Trinajstić information content (AvgIpc) is 1.78. The first kappa shape index (κ1) is 10.1. The summed E-state index contributed by atoms with van der Waals surface area (Å²) in [6.45, 7) is 1.21. The van der Waals surface area contributed by atoms with Crippen molar-refractivity contribution in [3.05, 3.63) is 22.3 Å². The lowest BCUT2D eigenvalue weighted by Crippen LogP contribution is -2.10. The van der Waals surface area contributed by atoms with Crippen molar-refractivity contribution in [1.82, 2.24) is 4.98 Å². The number of hydrogen-bond donors (Lipinski definition) is 1. The average molecular weight is 211 g/mol. The summed E-state index contributed by atoms with van der Waals surface area (Å²) in [6, 6.07) is 0.984. The molecule has 1 heterocycles. The van der Waals surface area contributed by atoms with E-state index in [9.17, 15) is 13.2 Å². The molecule has 0 bridgehead atoms. The number of anilines is 1. The van der Waals surface area contributed by atoms with Crippen molar-refractivity contribution in [1.29, 1.82) is 0 Å². The largest absolute Gasteiger partial charge is 0.419 e. The molecule has 0 spiro atoms. The van der Waals surface area contributed by atoms with Crippen LogP contribution in [0.5, 0.6) is 0 Å². The highest BCUT2D eigenvalue weighted by Crippen LogP contribution is 2.36. The first-order valence-electron chi connectivity index (χ1n) is 3.32. The van der Waals surface area contributed by atoms with E-state index in [1.165, 1.54) is 6.92 Å². The Balaban J connectivity index is 3.38. The lowest BCUT2D eigenvalue weighted by molar-refractivity contribution is -0.138. The van der Waals surface area contributed by atoms with Crippen LogP contribution in [0.4, 0.5) is 19.0 Å². The van der Waals surface area contributed by atoms with Gasteiger partial charge < -0.3 is 5.73 Å². The SMILES string of the molecule is Cc1nc(N)cc(Cl)c1C(F)(F)F. The molecular formula is C7H6ClF3N2. The highest BCUT2D eigenvalue weighted by Gasteiger charge is 2.35. The quantitative estimate of drug-likeness (QED) is 0.715. The van der Waals surface area contributed by atoms with Crippen LogP contribution >= 0.6 is 11.6 Å². The van der Waals surface area contributed by atoms with Crippen molar-refractivity contribution < 1.29 is 13.2 Å². The summed E-state index contributed by atoms with van der Waals surface area (Å²) in [7, 11) is 0. The van der Waals surface area contributed by atoms with Gasteiger partial charge in [-0.25, -0.2) is 4.98 Å². The van der Waals surface area contributed by atoms with Crippen molar-refractivity contribution >= 4 is 17.4 Å². The van der Waals surface area contributed by atoms with Gasteiger partial charge in [-0.1, -0.05) is 11.6 Å². The molecule has 1 rings (SSSR count). The molecule has 0 aliphatic carbocycles. The molecule has 13 heavy (non-hydrogen) atoms. The monoisotopic (exact) mass is 210 g/mol. The van der Waals surface area contributed by atoms with Gasteiger partial charge in [0.25, 0.3) is 0 Å². The number of nitrogens with two attached hydrogens (primary N) is 1. The topological polar surface area (TPSA) is 38.9 Å².